The molecule has 0 spiro atoms. The Bertz CT molecular complexity index is 847. The van der Waals surface area contributed by atoms with Crippen LogP contribution < -0.4 is 0 Å². The van der Waals surface area contributed by atoms with Gasteiger partial charge in [-0.3, -0.25) is 0 Å². The highest BCUT2D eigenvalue weighted by molar-refractivity contribution is 6.35. The number of hydrogen-bond donors (Lipinski definition) is 0. The van der Waals surface area contributed by atoms with Crippen LogP contribution in [-0.2, 0) is 0 Å². The predicted molar refractivity (Wildman–Crippen MR) is 81.6 cm³/mol. The Balaban J connectivity index is 2.28. The van der Waals surface area contributed by atoms with Crippen LogP contribution in [0.15, 0.2) is 48.5 Å². The van der Waals surface area contributed by atoms with E-state index < -0.39 is 0 Å². The number of aryl methyl sites for hydroxylation is 1. The SMILES string of the molecule is Cc1ccc2nc(-c3ccccc3C#N)cc(Cl)c2c1. The first-order valence-electron chi connectivity index (χ1n) is 6.25. The molecule has 0 atom stereocenters. The summed E-state index contributed by atoms with van der Waals surface area (Å²) >= 11 is 6.36. The Labute approximate surface area is 122 Å². The van der Waals surface area contributed by atoms with E-state index in [0.29, 0.717) is 10.6 Å². The molecule has 0 aliphatic rings. The molecule has 20 heavy (non-hydrogen) atoms. The third-order valence-electron chi connectivity index (χ3n) is 3.24. The minimum Gasteiger partial charge on any atom is -0.248 e. The largest absolute Gasteiger partial charge is 0.248 e. The van der Waals surface area contributed by atoms with E-state index in [2.05, 4.69) is 11.1 Å². The maximum absolute atomic E-state index is 9.19. The second-order valence-corrected chi connectivity index (χ2v) is 5.07. The van der Waals surface area contributed by atoms with E-state index in [0.717, 1.165) is 27.7 Å². The highest BCUT2D eigenvalue weighted by atomic mass is 35.5. The summed E-state index contributed by atoms with van der Waals surface area (Å²) in [6.07, 6.45) is 0. The monoisotopic (exact) mass is 278 g/mol. The van der Waals surface area contributed by atoms with Crippen molar-refractivity contribution in [2.45, 2.75) is 6.92 Å². The second-order valence-electron chi connectivity index (χ2n) is 4.67. The van der Waals surface area contributed by atoms with Gasteiger partial charge in [0, 0.05) is 10.9 Å². The quantitative estimate of drug-likeness (QED) is 0.645. The van der Waals surface area contributed by atoms with Crippen molar-refractivity contribution in [3.63, 3.8) is 0 Å². The third-order valence-corrected chi connectivity index (χ3v) is 3.55. The van der Waals surface area contributed by atoms with Crippen LogP contribution in [0.25, 0.3) is 22.2 Å². The van der Waals surface area contributed by atoms with E-state index in [9.17, 15) is 5.26 Å². The number of hydrogen-bond acceptors (Lipinski definition) is 2. The van der Waals surface area contributed by atoms with Gasteiger partial charge >= 0.3 is 0 Å². The van der Waals surface area contributed by atoms with Crippen LogP contribution in [0.4, 0.5) is 0 Å². The molecule has 2 aromatic carbocycles. The smallest absolute Gasteiger partial charge is 0.0998 e. The van der Waals surface area contributed by atoms with E-state index >= 15 is 0 Å². The zero-order chi connectivity index (χ0) is 14.1. The van der Waals surface area contributed by atoms with Crippen molar-refractivity contribution in [1.82, 2.24) is 4.98 Å². The summed E-state index contributed by atoms with van der Waals surface area (Å²) in [6, 6.07) is 17.4. The van der Waals surface area contributed by atoms with Gasteiger partial charge in [-0.05, 0) is 31.2 Å². The number of rotatable bonds is 1. The standard InChI is InChI=1S/C17H11ClN2/c1-11-6-7-16-14(8-11)15(18)9-17(20-16)13-5-3-2-4-12(13)10-19/h2-9H,1H3. The zero-order valence-electron chi connectivity index (χ0n) is 10.9. The molecule has 0 radical (unpaired) electrons. The van der Waals surface area contributed by atoms with Crippen molar-refractivity contribution in [2.24, 2.45) is 0 Å². The van der Waals surface area contributed by atoms with E-state index in [1.165, 1.54) is 0 Å². The highest BCUT2D eigenvalue weighted by Gasteiger charge is 2.09. The molecule has 2 nitrogen and oxygen atoms in total. The molecule has 0 aliphatic heterocycles. The van der Waals surface area contributed by atoms with Gasteiger partial charge in [-0.25, -0.2) is 4.98 Å². The van der Waals surface area contributed by atoms with Gasteiger partial charge in [0.1, 0.15) is 0 Å². The Hall–Kier alpha value is -2.37. The molecule has 0 saturated carbocycles. The van der Waals surface area contributed by atoms with Crippen molar-refractivity contribution >= 4 is 22.5 Å². The van der Waals surface area contributed by atoms with Gasteiger partial charge in [-0.15, -0.1) is 0 Å². The summed E-state index contributed by atoms with van der Waals surface area (Å²) in [5, 5.41) is 10.8. The molecule has 1 aromatic heterocycles. The van der Waals surface area contributed by atoms with Crippen LogP contribution in [0, 0.1) is 18.3 Å². The molecule has 0 N–H and O–H groups in total. The second kappa shape index (κ2) is 4.96. The molecule has 0 unspecified atom stereocenters. The molecule has 3 aromatic rings. The average molecular weight is 279 g/mol. The van der Waals surface area contributed by atoms with Crippen molar-refractivity contribution < 1.29 is 0 Å². The van der Waals surface area contributed by atoms with Crippen LogP contribution in [-0.4, -0.2) is 4.98 Å². The van der Waals surface area contributed by atoms with E-state index in [1.807, 2.05) is 49.4 Å². The lowest BCUT2D eigenvalue weighted by Gasteiger charge is -2.07. The van der Waals surface area contributed by atoms with E-state index in [-0.39, 0.29) is 0 Å². The van der Waals surface area contributed by atoms with Crippen molar-refractivity contribution in [1.29, 1.82) is 5.26 Å². The van der Waals surface area contributed by atoms with E-state index in [1.54, 1.807) is 6.07 Å². The van der Waals surface area contributed by atoms with Gasteiger partial charge in [0.25, 0.3) is 0 Å². The van der Waals surface area contributed by atoms with Crippen LogP contribution in [0.5, 0.6) is 0 Å². The van der Waals surface area contributed by atoms with E-state index in [4.69, 9.17) is 11.6 Å². The number of pyridine rings is 1. The van der Waals surface area contributed by atoms with Gasteiger partial charge in [0.15, 0.2) is 0 Å². The molecule has 0 aliphatic carbocycles. The number of aromatic nitrogens is 1. The fourth-order valence-electron chi connectivity index (χ4n) is 2.24. The Morgan fingerprint density at radius 3 is 2.70 bits per heavy atom. The number of nitrogens with zero attached hydrogens (tertiary/aromatic N) is 2. The maximum atomic E-state index is 9.19. The Morgan fingerprint density at radius 2 is 1.90 bits per heavy atom. The topological polar surface area (TPSA) is 36.7 Å². The summed E-state index contributed by atoms with van der Waals surface area (Å²) in [6.45, 7) is 2.02. The summed E-state index contributed by atoms with van der Waals surface area (Å²) in [5.74, 6) is 0. The molecule has 3 heteroatoms. The van der Waals surface area contributed by atoms with Crippen molar-refractivity contribution in [3.8, 4) is 17.3 Å². The lowest BCUT2D eigenvalue weighted by molar-refractivity contribution is 1.37. The fourth-order valence-corrected chi connectivity index (χ4v) is 2.50. The summed E-state index contributed by atoms with van der Waals surface area (Å²) in [7, 11) is 0. The van der Waals surface area contributed by atoms with Crippen molar-refractivity contribution in [3.05, 3.63) is 64.7 Å². The number of fused-ring (bicyclic) bond motifs is 1. The van der Waals surface area contributed by atoms with Crippen LogP contribution in [0.1, 0.15) is 11.1 Å². The van der Waals surface area contributed by atoms with Gasteiger partial charge in [-0.1, -0.05) is 41.4 Å². The maximum Gasteiger partial charge on any atom is 0.0998 e. The highest BCUT2D eigenvalue weighted by Crippen LogP contribution is 2.30. The summed E-state index contributed by atoms with van der Waals surface area (Å²) < 4.78 is 0. The molecule has 0 fully saturated rings. The van der Waals surface area contributed by atoms with Crippen LogP contribution in [0.2, 0.25) is 5.02 Å². The van der Waals surface area contributed by atoms with Crippen LogP contribution in [0.3, 0.4) is 0 Å². The number of nitriles is 1. The first-order valence-corrected chi connectivity index (χ1v) is 6.63. The first kappa shape index (κ1) is 12.7. The van der Waals surface area contributed by atoms with Gasteiger partial charge < -0.3 is 0 Å². The molecular formula is C17H11ClN2. The molecular weight excluding hydrogens is 268 g/mol. The van der Waals surface area contributed by atoms with Gasteiger partial charge in [0.05, 0.1) is 27.9 Å². The van der Waals surface area contributed by atoms with Crippen molar-refractivity contribution in [2.75, 3.05) is 0 Å². The molecule has 0 amide bonds. The van der Waals surface area contributed by atoms with Gasteiger partial charge in [0.2, 0.25) is 0 Å². The Morgan fingerprint density at radius 1 is 1.10 bits per heavy atom. The van der Waals surface area contributed by atoms with Crippen LogP contribution >= 0.6 is 11.6 Å². The van der Waals surface area contributed by atoms with Gasteiger partial charge in [-0.2, -0.15) is 5.26 Å². The summed E-state index contributed by atoms with van der Waals surface area (Å²) in [4.78, 5) is 4.62. The predicted octanol–water partition coefficient (Wildman–Crippen LogP) is 4.74. The molecule has 0 bridgehead atoms. The normalized spacial score (nSPS) is 10.4. The molecule has 1 heterocycles. The molecule has 0 saturated heterocycles. The lowest BCUT2D eigenvalue weighted by Crippen LogP contribution is -1.90. The first-order chi connectivity index (χ1) is 9.69. The average Bonchev–Trinajstić information content (AvgIpc) is 2.47. The Kier molecular flexibility index (Phi) is 3.14. The zero-order valence-corrected chi connectivity index (χ0v) is 11.6. The summed E-state index contributed by atoms with van der Waals surface area (Å²) in [5.41, 5.74) is 4.11. The fraction of sp³-hybridized carbons (Fsp3) is 0.0588. The number of halogens is 1. The minimum atomic E-state index is 0.600. The number of benzene rings is 2. The lowest BCUT2D eigenvalue weighted by atomic mass is 10.0. The molecule has 96 valence electrons. The minimum absolute atomic E-state index is 0.600. The third kappa shape index (κ3) is 2.13. The molecule has 3 rings (SSSR count).